The highest BCUT2D eigenvalue weighted by Gasteiger charge is 2.43. The first kappa shape index (κ1) is 16.8. The lowest BCUT2D eigenvalue weighted by atomic mass is 9.89. The molecule has 2 aliphatic rings. The Morgan fingerprint density at radius 2 is 2.20 bits per heavy atom. The molecule has 2 aliphatic heterocycles. The number of likely N-dealkylation sites (tertiary alicyclic amines) is 1. The van der Waals surface area contributed by atoms with E-state index < -0.39 is 0 Å². The van der Waals surface area contributed by atoms with Gasteiger partial charge >= 0.3 is 0 Å². The van der Waals surface area contributed by atoms with E-state index in [9.17, 15) is 4.79 Å². The Morgan fingerprint density at radius 3 is 3.00 bits per heavy atom. The van der Waals surface area contributed by atoms with Gasteiger partial charge in [-0.1, -0.05) is 18.2 Å². The molecule has 1 spiro atoms. The highest BCUT2D eigenvalue weighted by molar-refractivity contribution is 7.07. The Hall–Kier alpha value is -1.69. The van der Waals surface area contributed by atoms with Crippen molar-refractivity contribution in [2.75, 3.05) is 19.7 Å². The molecule has 2 saturated heterocycles. The molecule has 4 nitrogen and oxygen atoms in total. The molecule has 132 valence electrons. The van der Waals surface area contributed by atoms with E-state index in [2.05, 4.69) is 27.0 Å². The van der Waals surface area contributed by atoms with Crippen LogP contribution in [0.1, 0.15) is 35.2 Å². The first-order valence-corrected chi connectivity index (χ1v) is 9.90. The predicted molar refractivity (Wildman–Crippen MR) is 99.8 cm³/mol. The topological polar surface area (TPSA) is 41.6 Å². The molecule has 0 unspecified atom stereocenters. The highest BCUT2D eigenvalue weighted by Crippen LogP contribution is 2.35. The molecule has 4 rings (SSSR count). The molecule has 1 N–H and O–H groups in total. The van der Waals surface area contributed by atoms with Crippen molar-refractivity contribution in [3.05, 3.63) is 58.3 Å². The zero-order valence-electron chi connectivity index (χ0n) is 14.3. The molecular formula is C20H24N2O2S. The molecule has 5 heteroatoms. The molecule has 1 aromatic carbocycles. The van der Waals surface area contributed by atoms with Crippen LogP contribution in [-0.2, 0) is 11.3 Å². The molecule has 25 heavy (non-hydrogen) atoms. The minimum Gasteiger partial charge on any atom is -0.373 e. The summed E-state index contributed by atoms with van der Waals surface area (Å²) in [7, 11) is 0. The van der Waals surface area contributed by atoms with E-state index in [0.717, 1.165) is 51.1 Å². The number of benzene rings is 1. The molecule has 1 amide bonds. The van der Waals surface area contributed by atoms with E-state index in [0.29, 0.717) is 0 Å². The molecule has 0 bridgehead atoms. The fourth-order valence-electron chi connectivity index (χ4n) is 4.00. The fourth-order valence-corrected chi connectivity index (χ4v) is 4.66. The van der Waals surface area contributed by atoms with Crippen molar-refractivity contribution in [1.82, 2.24) is 10.2 Å². The number of carbonyl (C=O) groups excluding carboxylic acids is 1. The van der Waals surface area contributed by atoms with Crippen molar-refractivity contribution in [2.45, 2.75) is 37.5 Å². The molecule has 3 heterocycles. The third-order valence-electron chi connectivity index (χ3n) is 5.25. The SMILES string of the molecule is O=C(N[C@H]1CCO[C@]2(CCN(Cc3ccsc3)C2)C1)c1ccccc1. The van der Waals surface area contributed by atoms with Gasteiger partial charge in [-0.3, -0.25) is 9.69 Å². The Balaban J connectivity index is 1.35. The van der Waals surface area contributed by atoms with Crippen molar-refractivity contribution in [3.8, 4) is 0 Å². The van der Waals surface area contributed by atoms with E-state index in [1.54, 1.807) is 11.3 Å². The standard InChI is InChI=1S/C20H24N2O2S/c23-19(17-4-2-1-3-5-17)21-18-6-10-24-20(12-18)8-9-22(15-20)13-16-7-11-25-14-16/h1-5,7,11,14,18H,6,8-10,12-13,15H2,(H,21,23)/t18-,20+/m0/s1. The summed E-state index contributed by atoms with van der Waals surface area (Å²) in [6.45, 7) is 3.75. The molecule has 0 radical (unpaired) electrons. The lowest BCUT2D eigenvalue weighted by Gasteiger charge is -2.38. The Kier molecular flexibility index (Phi) is 4.88. The molecule has 0 saturated carbocycles. The van der Waals surface area contributed by atoms with Crippen LogP contribution in [-0.4, -0.2) is 42.1 Å². The zero-order chi connectivity index (χ0) is 17.1. The van der Waals surface area contributed by atoms with E-state index in [-0.39, 0.29) is 17.6 Å². The first-order chi connectivity index (χ1) is 12.2. The quantitative estimate of drug-likeness (QED) is 0.914. The van der Waals surface area contributed by atoms with Crippen molar-refractivity contribution < 1.29 is 9.53 Å². The lowest BCUT2D eigenvalue weighted by molar-refractivity contribution is -0.0793. The van der Waals surface area contributed by atoms with Gasteiger partial charge in [0.2, 0.25) is 0 Å². The number of hydrogen-bond donors (Lipinski definition) is 1. The maximum absolute atomic E-state index is 12.4. The maximum atomic E-state index is 12.4. The minimum atomic E-state index is -0.0943. The van der Waals surface area contributed by atoms with E-state index in [1.165, 1.54) is 5.56 Å². The number of nitrogens with zero attached hydrogens (tertiary/aromatic N) is 1. The first-order valence-electron chi connectivity index (χ1n) is 8.96. The molecule has 0 aliphatic carbocycles. The number of rotatable bonds is 4. The van der Waals surface area contributed by atoms with E-state index in [1.807, 2.05) is 30.3 Å². The minimum absolute atomic E-state index is 0.0239. The van der Waals surface area contributed by atoms with Crippen LogP contribution in [0.25, 0.3) is 0 Å². The maximum Gasteiger partial charge on any atom is 0.251 e. The number of amides is 1. The van der Waals surface area contributed by atoms with Crippen LogP contribution in [0.15, 0.2) is 47.2 Å². The summed E-state index contributed by atoms with van der Waals surface area (Å²) < 4.78 is 6.20. The second kappa shape index (κ2) is 7.28. The highest BCUT2D eigenvalue weighted by atomic mass is 32.1. The Labute approximate surface area is 152 Å². The summed E-state index contributed by atoms with van der Waals surface area (Å²) in [6.07, 6.45) is 2.85. The van der Waals surface area contributed by atoms with Gasteiger partial charge < -0.3 is 10.1 Å². The van der Waals surface area contributed by atoms with E-state index in [4.69, 9.17) is 4.74 Å². The van der Waals surface area contributed by atoms with Gasteiger partial charge in [-0.25, -0.2) is 0 Å². The van der Waals surface area contributed by atoms with E-state index >= 15 is 0 Å². The van der Waals surface area contributed by atoms with Crippen molar-refractivity contribution in [1.29, 1.82) is 0 Å². The predicted octanol–water partition coefficient (Wildman–Crippen LogP) is 3.30. The van der Waals surface area contributed by atoms with Crippen molar-refractivity contribution in [2.24, 2.45) is 0 Å². The molecule has 2 atom stereocenters. The zero-order valence-corrected chi connectivity index (χ0v) is 15.1. The second-order valence-electron chi connectivity index (χ2n) is 7.15. The number of carbonyl (C=O) groups is 1. The van der Waals surface area contributed by atoms with Crippen LogP contribution in [0.2, 0.25) is 0 Å². The third-order valence-corrected chi connectivity index (χ3v) is 5.98. The van der Waals surface area contributed by atoms with Crippen LogP contribution >= 0.6 is 11.3 Å². The normalized spacial score (nSPS) is 26.8. The van der Waals surface area contributed by atoms with Crippen LogP contribution in [0, 0.1) is 0 Å². The van der Waals surface area contributed by atoms with Crippen LogP contribution < -0.4 is 5.32 Å². The van der Waals surface area contributed by atoms with Gasteiger partial charge in [-0.05, 0) is 53.8 Å². The largest absolute Gasteiger partial charge is 0.373 e. The van der Waals surface area contributed by atoms with Crippen LogP contribution in [0.5, 0.6) is 0 Å². The van der Waals surface area contributed by atoms with Crippen LogP contribution in [0.3, 0.4) is 0 Å². The average Bonchev–Trinajstić information content (AvgIpc) is 3.27. The monoisotopic (exact) mass is 356 g/mol. The number of hydrogen-bond acceptors (Lipinski definition) is 4. The summed E-state index contributed by atoms with van der Waals surface area (Å²) in [4.78, 5) is 14.9. The van der Waals surface area contributed by atoms with Gasteiger partial charge in [0, 0.05) is 37.8 Å². The van der Waals surface area contributed by atoms with Crippen molar-refractivity contribution >= 4 is 17.2 Å². The second-order valence-corrected chi connectivity index (χ2v) is 7.93. The Morgan fingerprint density at radius 1 is 1.32 bits per heavy atom. The van der Waals surface area contributed by atoms with Gasteiger partial charge in [-0.15, -0.1) is 0 Å². The number of nitrogens with one attached hydrogen (secondary N) is 1. The summed E-state index contributed by atoms with van der Waals surface area (Å²) in [5.74, 6) is 0.0239. The summed E-state index contributed by atoms with van der Waals surface area (Å²) in [6, 6.07) is 11.9. The average molecular weight is 356 g/mol. The van der Waals surface area contributed by atoms with Gasteiger partial charge in [0.05, 0.1) is 5.60 Å². The van der Waals surface area contributed by atoms with Crippen molar-refractivity contribution in [3.63, 3.8) is 0 Å². The Bertz CT molecular complexity index is 704. The van der Waals surface area contributed by atoms with Gasteiger partial charge in [-0.2, -0.15) is 11.3 Å². The molecule has 2 aromatic rings. The summed E-state index contributed by atoms with van der Waals surface area (Å²) in [5, 5.41) is 7.56. The molecule has 2 fully saturated rings. The van der Waals surface area contributed by atoms with Crippen LogP contribution in [0.4, 0.5) is 0 Å². The lowest BCUT2D eigenvalue weighted by Crippen LogP contribution is -2.49. The number of thiophene rings is 1. The van der Waals surface area contributed by atoms with Gasteiger partial charge in [0.1, 0.15) is 0 Å². The molecular weight excluding hydrogens is 332 g/mol. The smallest absolute Gasteiger partial charge is 0.251 e. The number of ether oxygens (including phenoxy) is 1. The summed E-state index contributed by atoms with van der Waals surface area (Å²) in [5.41, 5.74) is 2.02. The summed E-state index contributed by atoms with van der Waals surface area (Å²) >= 11 is 1.75. The third kappa shape index (κ3) is 3.94. The fraction of sp³-hybridized carbons (Fsp3) is 0.450. The van der Waals surface area contributed by atoms with Gasteiger partial charge in [0.15, 0.2) is 0 Å². The van der Waals surface area contributed by atoms with Gasteiger partial charge in [0.25, 0.3) is 5.91 Å². The molecule has 1 aromatic heterocycles.